The number of allylic oxidation sites excluding steroid dienone is 4. The molecule has 0 radical (unpaired) electrons. The van der Waals surface area contributed by atoms with E-state index in [1.165, 1.54) is 16.8 Å². The minimum atomic E-state index is 0.221. The Hall–Kier alpha value is -2.39. The van der Waals surface area contributed by atoms with E-state index in [0.717, 1.165) is 48.0 Å². The Labute approximate surface area is 173 Å². The first-order valence-corrected chi connectivity index (χ1v) is 10.4. The maximum atomic E-state index is 6.04. The van der Waals surface area contributed by atoms with Gasteiger partial charge >= 0.3 is 0 Å². The Balaban J connectivity index is 1.80. The van der Waals surface area contributed by atoms with Crippen LogP contribution >= 0.6 is 11.6 Å². The lowest BCUT2D eigenvalue weighted by atomic mass is 10.0. The highest BCUT2D eigenvalue weighted by Crippen LogP contribution is 2.28. The smallest absolute Gasteiger partial charge is 0.0968 e. The molecule has 3 nitrogen and oxygen atoms in total. The van der Waals surface area contributed by atoms with Gasteiger partial charge < -0.3 is 15.4 Å². The predicted octanol–water partition coefficient (Wildman–Crippen LogP) is 6.76. The fourth-order valence-electron chi connectivity index (χ4n) is 3.29. The minimum Gasteiger partial charge on any atom is -0.495 e. The van der Waals surface area contributed by atoms with Gasteiger partial charge in [-0.15, -0.1) is 0 Å². The molecule has 0 aromatic heterocycles. The molecule has 0 unspecified atom stereocenters. The molecule has 1 aliphatic carbocycles. The van der Waals surface area contributed by atoms with Crippen molar-refractivity contribution in [2.75, 3.05) is 17.2 Å². The monoisotopic (exact) mass is 396 g/mol. The van der Waals surface area contributed by atoms with Gasteiger partial charge in [0.05, 0.1) is 11.9 Å². The summed E-state index contributed by atoms with van der Waals surface area (Å²) in [6.45, 7) is 7.14. The molecule has 0 amide bonds. The molecule has 148 valence electrons. The van der Waals surface area contributed by atoms with Crippen molar-refractivity contribution in [3.05, 3.63) is 82.2 Å². The van der Waals surface area contributed by atoms with Crippen molar-refractivity contribution >= 4 is 23.0 Å². The molecule has 3 rings (SSSR count). The first-order chi connectivity index (χ1) is 13.5. The molecule has 0 spiro atoms. The van der Waals surface area contributed by atoms with Crippen LogP contribution in [0.5, 0.6) is 0 Å². The van der Waals surface area contributed by atoms with E-state index in [4.69, 9.17) is 16.3 Å². The molecule has 28 heavy (non-hydrogen) atoms. The molecule has 0 saturated heterocycles. The third kappa shape index (κ3) is 5.80. The van der Waals surface area contributed by atoms with Crippen molar-refractivity contribution < 1.29 is 4.74 Å². The van der Waals surface area contributed by atoms with Crippen LogP contribution in [-0.4, -0.2) is 12.6 Å². The molecule has 2 aromatic carbocycles. The zero-order chi connectivity index (χ0) is 19.9. The lowest BCUT2D eigenvalue weighted by molar-refractivity contribution is 0.139. The predicted molar refractivity (Wildman–Crippen MR) is 120 cm³/mol. The van der Waals surface area contributed by atoms with Gasteiger partial charge in [-0.1, -0.05) is 23.7 Å². The van der Waals surface area contributed by atoms with E-state index in [1.807, 2.05) is 12.1 Å². The van der Waals surface area contributed by atoms with Gasteiger partial charge in [0, 0.05) is 35.1 Å². The fourth-order valence-corrected chi connectivity index (χ4v) is 3.42. The van der Waals surface area contributed by atoms with Gasteiger partial charge in [-0.2, -0.15) is 0 Å². The van der Waals surface area contributed by atoms with Gasteiger partial charge in [-0.25, -0.2) is 0 Å². The van der Waals surface area contributed by atoms with Crippen LogP contribution < -0.4 is 10.6 Å². The molecule has 1 aliphatic rings. The minimum absolute atomic E-state index is 0.221. The molecule has 0 fully saturated rings. The van der Waals surface area contributed by atoms with Gasteiger partial charge in [0.2, 0.25) is 0 Å². The van der Waals surface area contributed by atoms with Crippen LogP contribution in [0.25, 0.3) is 0 Å². The van der Waals surface area contributed by atoms with Crippen LogP contribution in [0.2, 0.25) is 5.02 Å². The van der Waals surface area contributed by atoms with Crippen molar-refractivity contribution in [1.29, 1.82) is 0 Å². The van der Waals surface area contributed by atoms with Gasteiger partial charge in [-0.05, 0) is 87.2 Å². The van der Waals surface area contributed by atoms with Gasteiger partial charge in [0.1, 0.15) is 0 Å². The normalized spacial score (nSPS) is 13.8. The SMILES string of the molecule is CCNc1ccc(NC2=CC=C(OC(C)C)CC2)c(Cc2ccc(Cl)cc2)c1. The number of hydrogen-bond acceptors (Lipinski definition) is 3. The van der Waals surface area contributed by atoms with Crippen LogP contribution in [0.4, 0.5) is 11.4 Å². The molecule has 4 heteroatoms. The third-order valence-corrected chi connectivity index (χ3v) is 4.84. The van der Waals surface area contributed by atoms with E-state index in [0.29, 0.717) is 0 Å². The van der Waals surface area contributed by atoms with E-state index < -0.39 is 0 Å². The lowest BCUT2D eigenvalue weighted by Crippen LogP contribution is -2.09. The highest BCUT2D eigenvalue weighted by molar-refractivity contribution is 6.30. The van der Waals surface area contributed by atoms with Crippen LogP contribution in [-0.2, 0) is 11.2 Å². The summed E-state index contributed by atoms with van der Waals surface area (Å²) in [5.41, 5.74) is 6.00. The summed E-state index contributed by atoms with van der Waals surface area (Å²) in [5, 5.41) is 7.81. The summed E-state index contributed by atoms with van der Waals surface area (Å²) in [4.78, 5) is 0. The van der Waals surface area contributed by atoms with Crippen LogP contribution in [0.1, 0.15) is 44.7 Å². The Morgan fingerprint density at radius 3 is 2.46 bits per heavy atom. The first-order valence-electron chi connectivity index (χ1n) is 9.98. The van der Waals surface area contributed by atoms with Crippen LogP contribution in [0, 0.1) is 0 Å². The average Bonchev–Trinajstić information content (AvgIpc) is 2.67. The van der Waals surface area contributed by atoms with E-state index in [9.17, 15) is 0 Å². The van der Waals surface area contributed by atoms with Gasteiger partial charge in [-0.3, -0.25) is 0 Å². The number of halogens is 1. The molecular weight excluding hydrogens is 368 g/mol. The second-order valence-corrected chi connectivity index (χ2v) is 7.76. The van der Waals surface area contributed by atoms with E-state index >= 15 is 0 Å². The summed E-state index contributed by atoms with van der Waals surface area (Å²) < 4.78 is 5.81. The van der Waals surface area contributed by atoms with Crippen molar-refractivity contribution in [3.63, 3.8) is 0 Å². The fraction of sp³-hybridized carbons (Fsp3) is 0.333. The molecule has 0 bridgehead atoms. The quantitative estimate of drug-likeness (QED) is 0.517. The average molecular weight is 397 g/mol. The summed E-state index contributed by atoms with van der Waals surface area (Å²) in [5.74, 6) is 1.06. The number of ether oxygens (including phenoxy) is 1. The largest absolute Gasteiger partial charge is 0.495 e. The highest BCUT2D eigenvalue weighted by Gasteiger charge is 2.12. The highest BCUT2D eigenvalue weighted by atomic mass is 35.5. The Kier molecular flexibility index (Phi) is 7.05. The Bertz CT molecular complexity index is 853. The number of benzene rings is 2. The number of nitrogens with one attached hydrogen (secondary N) is 2. The third-order valence-electron chi connectivity index (χ3n) is 4.59. The van der Waals surface area contributed by atoms with Crippen molar-refractivity contribution in [1.82, 2.24) is 0 Å². The lowest BCUT2D eigenvalue weighted by Gasteiger charge is -2.21. The maximum absolute atomic E-state index is 6.04. The summed E-state index contributed by atoms with van der Waals surface area (Å²) in [7, 11) is 0. The van der Waals surface area contributed by atoms with Crippen molar-refractivity contribution in [2.45, 2.75) is 46.1 Å². The first kappa shape index (κ1) is 20.3. The Morgan fingerprint density at radius 2 is 1.82 bits per heavy atom. The number of hydrogen-bond donors (Lipinski definition) is 2. The Morgan fingerprint density at radius 1 is 1.04 bits per heavy atom. The standard InChI is InChI=1S/C24H29ClN2O/c1-4-26-22-11-14-24(19(16-22)15-18-5-7-20(25)8-6-18)27-21-9-12-23(13-10-21)28-17(2)3/h5-9,11-12,14,16-17,26-27H,4,10,13,15H2,1-3H3. The van der Waals surface area contributed by atoms with Crippen molar-refractivity contribution in [2.24, 2.45) is 0 Å². The molecule has 0 aliphatic heterocycles. The van der Waals surface area contributed by atoms with Crippen molar-refractivity contribution in [3.8, 4) is 0 Å². The second kappa shape index (κ2) is 9.70. The van der Waals surface area contributed by atoms with Crippen LogP contribution in [0.3, 0.4) is 0 Å². The van der Waals surface area contributed by atoms with E-state index in [1.54, 1.807) is 0 Å². The van der Waals surface area contributed by atoms with E-state index in [-0.39, 0.29) is 6.10 Å². The molecule has 0 atom stereocenters. The maximum Gasteiger partial charge on any atom is 0.0968 e. The molecule has 0 heterocycles. The topological polar surface area (TPSA) is 33.3 Å². The van der Waals surface area contributed by atoms with Gasteiger partial charge in [0.25, 0.3) is 0 Å². The molecule has 0 saturated carbocycles. The zero-order valence-electron chi connectivity index (χ0n) is 16.9. The number of rotatable bonds is 8. The number of anilines is 2. The molecule has 2 aromatic rings. The van der Waals surface area contributed by atoms with Gasteiger partial charge in [0.15, 0.2) is 0 Å². The molecule has 2 N–H and O–H groups in total. The van der Waals surface area contributed by atoms with E-state index in [2.05, 4.69) is 73.9 Å². The van der Waals surface area contributed by atoms with Crippen LogP contribution in [0.15, 0.2) is 66.1 Å². The summed E-state index contributed by atoms with van der Waals surface area (Å²) in [6, 6.07) is 14.6. The molecular formula is C24H29ClN2O. The second-order valence-electron chi connectivity index (χ2n) is 7.32. The zero-order valence-corrected chi connectivity index (χ0v) is 17.6. The summed E-state index contributed by atoms with van der Waals surface area (Å²) >= 11 is 6.04. The summed E-state index contributed by atoms with van der Waals surface area (Å²) in [6.07, 6.45) is 7.17.